The normalized spacial score (nSPS) is 40.1. The Morgan fingerprint density at radius 2 is 1.87 bits per heavy atom. The number of carbonyl (C=O) groups is 2. The number of hydrogen-bond donors (Lipinski definition) is 0. The predicted molar refractivity (Wildman–Crippen MR) is 113 cm³/mol. The van der Waals surface area contributed by atoms with E-state index in [0.29, 0.717) is 36.2 Å². The Kier molecular flexibility index (Phi) is 4.87. The van der Waals surface area contributed by atoms with Gasteiger partial charge in [0.25, 0.3) is 0 Å². The molecule has 3 nitrogen and oxygen atoms in total. The minimum atomic E-state index is -0.420. The first-order chi connectivity index (χ1) is 14.5. The third-order valence-electron chi connectivity index (χ3n) is 9.10. The summed E-state index contributed by atoms with van der Waals surface area (Å²) in [5.74, 6) is 1.18. The number of hydrogen-bond acceptors (Lipinski definition) is 3. The molecule has 4 heteroatoms. The summed E-state index contributed by atoms with van der Waals surface area (Å²) in [7, 11) is 0. The van der Waals surface area contributed by atoms with Gasteiger partial charge in [-0.05, 0) is 80.9 Å². The Labute approximate surface area is 178 Å². The van der Waals surface area contributed by atoms with E-state index in [1.165, 1.54) is 0 Å². The maximum Gasteiger partial charge on any atom is 0.338 e. The Morgan fingerprint density at radius 1 is 1.07 bits per heavy atom. The van der Waals surface area contributed by atoms with Crippen LogP contribution in [-0.2, 0) is 9.53 Å². The van der Waals surface area contributed by atoms with Crippen molar-refractivity contribution in [2.75, 3.05) is 6.67 Å². The average molecular weight is 411 g/mol. The second kappa shape index (κ2) is 7.32. The lowest BCUT2D eigenvalue weighted by atomic mass is 9.47. The predicted octanol–water partition coefficient (Wildman–Crippen LogP) is 5.69. The van der Waals surface area contributed by atoms with Crippen LogP contribution >= 0.6 is 0 Å². The van der Waals surface area contributed by atoms with Crippen LogP contribution in [0.2, 0.25) is 0 Å². The minimum Gasteiger partial charge on any atom is -0.458 e. The summed E-state index contributed by atoms with van der Waals surface area (Å²) in [6.07, 6.45) is 8.61. The van der Waals surface area contributed by atoms with E-state index in [1.54, 1.807) is 18.2 Å². The number of ether oxygens (including phenoxy) is 1. The van der Waals surface area contributed by atoms with Crippen molar-refractivity contribution in [3.05, 3.63) is 47.5 Å². The topological polar surface area (TPSA) is 43.4 Å². The summed E-state index contributed by atoms with van der Waals surface area (Å²) in [4.78, 5) is 24.7. The third kappa shape index (κ3) is 2.90. The zero-order valence-electron chi connectivity index (χ0n) is 17.7. The molecule has 0 N–H and O–H groups in total. The summed E-state index contributed by atoms with van der Waals surface area (Å²) in [5.41, 5.74) is 1.23. The van der Waals surface area contributed by atoms with Crippen LogP contribution in [-0.4, -0.2) is 24.5 Å². The van der Waals surface area contributed by atoms with E-state index < -0.39 is 5.41 Å². The number of halogens is 1. The molecular weight excluding hydrogens is 379 g/mol. The Hall–Kier alpha value is -1.97. The van der Waals surface area contributed by atoms with Gasteiger partial charge in [-0.2, -0.15) is 0 Å². The summed E-state index contributed by atoms with van der Waals surface area (Å²) < 4.78 is 20.6. The SMILES string of the molecule is C[C@]12CC[C@H]3[C@@H](CCC4=CC(=O)CC[C@@]43CF)[C@@H]1CCC2OC(=O)c1ccccc1. The highest BCUT2D eigenvalue weighted by molar-refractivity contribution is 5.91. The van der Waals surface area contributed by atoms with Crippen LogP contribution in [0.5, 0.6) is 0 Å². The van der Waals surface area contributed by atoms with Crippen molar-refractivity contribution < 1.29 is 18.7 Å². The number of fused-ring (bicyclic) bond motifs is 5. The lowest BCUT2D eigenvalue weighted by Gasteiger charge is -2.58. The van der Waals surface area contributed by atoms with Crippen LogP contribution in [0.25, 0.3) is 0 Å². The molecule has 0 amide bonds. The molecule has 30 heavy (non-hydrogen) atoms. The standard InChI is InChI=1S/C26H31FO3/c1-25-13-12-22-20(8-7-18-15-19(28)11-14-26(18,22)16-27)21(25)9-10-23(25)30-24(29)17-5-3-2-4-6-17/h2-6,15,20-23H,7-14,16H2,1H3/t20-,21-,22-,23?,25-,26+/m0/s1. The second-order valence-corrected chi connectivity index (χ2v) is 10.2. The number of carbonyl (C=O) groups excluding carboxylic acids is 2. The molecular formula is C26H31FO3. The van der Waals surface area contributed by atoms with E-state index in [0.717, 1.165) is 44.1 Å². The first kappa shape index (κ1) is 20.0. The lowest BCUT2D eigenvalue weighted by molar-refractivity contribution is -0.119. The van der Waals surface area contributed by atoms with Gasteiger partial charge in [-0.15, -0.1) is 0 Å². The van der Waals surface area contributed by atoms with Gasteiger partial charge in [0, 0.05) is 17.3 Å². The van der Waals surface area contributed by atoms with Gasteiger partial charge in [-0.25, -0.2) is 4.79 Å². The van der Waals surface area contributed by atoms with Gasteiger partial charge in [0.2, 0.25) is 0 Å². The first-order valence-electron chi connectivity index (χ1n) is 11.5. The van der Waals surface area contributed by atoms with Crippen LogP contribution in [0.3, 0.4) is 0 Å². The quantitative estimate of drug-likeness (QED) is 0.601. The summed E-state index contributed by atoms with van der Waals surface area (Å²) >= 11 is 0. The van der Waals surface area contributed by atoms with Crippen molar-refractivity contribution >= 4 is 11.8 Å². The molecule has 0 aliphatic heterocycles. The molecule has 0 saturated heterocycles. The number of allylic oxidation sites excluding steroid dienone is 1. The van der Waals surface area contributed by atoms with Gasteiger partial charge in [-0.3, -0.25) is 9.18 Å². The Bertz CT molecular complexity index is 878. The molecule has 1 aromatic rings. The largest absolute Gasteiger partial charge is 0.458 e. The van der Waals surface area contributed by atoms with Crippen LogP contribution < -0.4 is 0 Å². The number of esters is 1. The van der Waals surface area contributed by atoms with Crippen LogP contribution in [0, 0.1) is 28.6 Å². The van der Waals surface area contributed by atoms with E-state index in [2.05, 4.69) is 6.92 Å². The molecule has 1 unspecified atom stereocenters. The first-order valence-corrected chi connectivity index (χ1v) is 11.5. The van der Waals surface area contributed by atoms with Gasteiger partial charge < -0.3 is 4.74 Å². The zero-order valence-corrected chi connectivity index (χ0v) is 17.7. The molecule has 0 radical (unpaired) electrons. The molecule has 4 aliphatic rings. The lowest BCUT2D eigenvalue weighted by Crippen LogP contribution is -2.53. The second-order valence-electron chi connectivity index (χ2n) is 10.2. The molecule has 0 aromatic heterocycles. The Balaban J connectivity index is 1.38. The molecule has 0 heterocycles. The van der Waals surface area contributed by atoms with E-state index in [9.17, 15) is 14.0 Å². The molecule has 3 saturated carbocycles. The fourth-order valence-electron chi connectivity index (χ4n) is 7.53. The fraction of sp³-hybridized carbons (Fsp3) is 0.615. The van der Waals surface area contributed by atoms with Crippen LogP contribution in [0.4, 0.5) is 4.39 Å². The van der Waals surface area contributed by atoms with Gasteiger partial charge in [0.05, 0.1) is 12.2 Å². The number of benzene rings is 1. The van der Waals surface area contributed by atoms with Crippen LogP contribution in [0.15, 0.2) is 42.0 Å². The average Bonchev–Trinajstić information content (AvgIpc) is 3.10. The van der Waals surface area contributed by atoms with Crippen molar-refractivity contribution in [2.24, 2.45) is 28.6 Å². The summed E-state index contributed by atoms with van der Waals surface area (Å²) in [6, 6.07) is 9.23. The molecule has 4 aliphatic carbocycles. The smallest absolute Gasteiger partial charge is 0.338 e. The van der Waals surface area contributed by atoms with Gasteiger partial charge >= 0.3 is 5.97 Å². The minimum absolute atomic E-state index is 0.0329. The molecule has 160 valence electrons. The number of rotatable bonds is 3. The molecule has 1 aromatic carbocycles. The molecule has 5 rings (SSSR count). The van der Waals surface area contributed by atoms with Crippen LogP contribution in [0.1, 0.15) is 68.6 Å². The monoisotopic (exact) mass is 410 g/mol. The zero-order chi connectivity index (χ0) is 20.9. The summed E-state index contributed by atoms with van der Waals surface area (Å²) in [6.45, 7) is 1.95. The van der Waals surface area contributed by atoms with Crippen molar-refractivity contribution in [3.8, 4) is 0 Å². The number of alkyl halides is 1. The van der Waals surface area contributed by atoms with Crippen molar-refractivity contribution in [2.45, 2.75) is 64.4 Å². The maximum absolute atomic E-state index is 14.6. The maximum atomic E-state index is 14.6. The van der Waals surface area contributed by atoms with E-state index in [-0.39, 0.29) is 29.9 Å². The van der Waals surface area contributed by atoms with E-state index in [1.807, 2.05) is 18.2 Å². The molecule has 3 fully saturated rings. The fourth-order valence-corrected chi connectivity index (χ4v) is 7.53. The molecule has 0 spiro atoms. The van der Waals surface area contributed by atoms with Gasteiger partial charge in [0.1, 0.15) is 6.10 Å². The summed E-state index contributed by atoms with van der Waals surface area (Å²) in [5, 5.41) is 0. The Morgan fingerprint density at radius 3 is 2.63 bits per heavy atom. The van der Waals surface area contributed by atoms with E-state index >= 15 is 0 Å². The molecule has 6 atom stereocenters. The van der Waals surface area contributed by atoms with Gasteiger partial charge in [0.15, 0.2) is 5.78 Å². The highest BCUT2D eigenvalue weighted by Gasteiger charge is 2.61. The number of ketones is 1. The van der Waals surface area contributed by atoms with Crippen molar-refractivity contribution in [3.63, 3.8) is 0 Å². The van der Waals surface area contributed by atoms with E-state index in [4.69, 9.17) is 4.74 Å². The molecule has 0 bridgehead atoms. The highest BCUT2D eigenvalue weighted by Crippen LogP contribution is 2.65. The van der Waals surface area contributed by atoms with Crippen molar-refractivity contribution in [1.82, 2.24) is 0 Å². The highest BCUT2D eigenvalue weighted by atomic mass is 19.1. The van der Waals surface area contributed by atoms with Crippen molar-refractivity contribution in [1.29, 1.82) is 0 Å². The van der Waals surface area contributed by atoms with Gasteiger partial charge in [-0.1, -0.05) is 30.7 Å². The third-order valence-corrected chi connectivity index (χ3v) is 9.10.